The summed E-state index contributed by atoms with van der Waals surface area (Å²) in [6, 6.07) is 6.24. The van der Waals surface area contributed by atoms with Crippen LogP contribution in [0.15, 0.2) is 18.2 Å². The van der Waals surface area contributed by atoms with Gasteiger partial charge in [-0.05, 0) is 42.6 Å². The predicted octanol–water partition coefficient (Wildman–Crippen LogP) is 4.43. The van der Waals surface area contributed by atoms with Crippen LogP contribution in [-0.4, -0.2) is 23.1 Å². The zero-order chi connectivity index (χ0) is 14.7. The molecule has 1 N–H and O–H groups in total. The van der Waals surface area contributed by atoms with E-state index in [0.29, 0.717) is 6.04 Å². The SMILES string of the molecule is COc1ccc2nc(Cl)nc(NC3CCCCCC3)c2c1. The summed E-state index contributed by atoms with van der Waals surface area (Å²) in [6.07, 6.45) is 7.59. The average molecular weight is 306 g/mol. The van der Waals surface area contributed by atoms with E-state index in [9.17, 15) is 0 Å². The molecule has 0 aliphatic heterocycles. The molecule has 1 saturated carbocycles. The molecule has 0 saturated heterocycles. The summed E-state index contributed by atoms with van der Waals surface area (Å²) in [5.41, 5.74) is 0.840. The van der Waals surface area contributed by atoms with Crippen LogP contribution in [0.5, 0.6) is 5.75 Å². The Labute approximate surface area is 129 Å². The van der Waals surface area contributed by atoms with Crippen molar-refractivity contribution in [3.8, 4) is 5.75 Å². The Bertz CT molecular complexity index is 624. The Morgan fingerprint density at radius 2 is 1.90 bits per heavy atom. The second-order valence-electron chi connectivity index (χ2n) is 5.56. The highest BCUT2D eigenvalue weighted by Gasteiger charge is 2.15. The number of methoxy groups -OCH3 is 1. The summed E-state index contributed by atoms with van der Waals surface area (Å²) < 4.78 is 5.30. The number of ether oxygens (including phenoxy) is 1. The van der Waals surface area contributed by atoms with Gasteiger partial charge in [0, 0.05) is 11.4 Å². The molecule has 1 heterocycles. The fourth-order valence-electron chi connectivity index (χ4n) is 2.93. The van der Waals surface area contributed by atoms with Crippen LogP contribution in [0.1, 0.15) is 38.5 Å². The number of aromatic nitrogens is 2. The van der Waals surface area contributed by atoms with Gasteiger partial charge in [-0.2, -0.15) is 0 Å². The lowest BCUT2D eigenvalue weighted by molar-refractivity contribution is 0.415. The average Bonchev–Trinajstić information content (AvgIpc) is 2.75. The molecule has 21 heavy (non-hydrogen) atoms. The first-order valence-corrected chi connectivity index (χ1v) is 7.92. The van der Waals surface area contributed by atoms with Crippen LogP contribution in [0.2, 0.25) is 5.28 Å². The van der Waals surface area contributed by atoms with Crippen LogP contribution in [-0.2, 0) is 0 Å². The lowest BCUT2D eigenvalue weighted by Gasteiger charge is -2.18. The molecule has 2 aromatic rings. The maximum Gasteiger partial charge on any atom is 0.224 e. The van der Waals surface area contributed by atoms with Gasteiger partial charge < -0.3 is 10.1 Å². The van der Waals surface area contributed by atoms with Gasteiger partial charge in [0.25, 0.3) is 0 Å². The molecule has 1 aliphatic carbocycles. The van der Waals surface area contributed by atoms with E-state index >= 15 is 0 Å². The van der Waals surface area contributed by atoms with Gasteiger partial charge in [0.1, 0.15) is 11.6 Å². The largest absolute Gasteiger partial charge is 0.497 e. The van der Waals surface area contributed by atoms with E-state index in [1.54, 1.807) is 7.11 Å². The zero-order valence-electron chi connectivity index (χ0n) is 12.2. The maximum absolute atomic E-state index is 6.05. The van der Waals surface area contributed by atoms with Crippen molar-refractivity contribution in [2.75, 3.05) is 12.4 Å². The zero-order valence-corrected chi connectivity index (χ0v) is 13.0. The Morgan fingerprint density at radius 1 is 1.14 bits per heavy atom. The molecule has 0 unspecified atom stereocenters. The van der Waals surface area contributed by atoms with Gasteiger partial charge >= 0.3 is 0 Å². The number of nitrogens with zero attached hydrogens (tertiary/aromatic N) is 2. The molecule has 0 bridgehead atoms. The molecule has 0 atom stereocenters. The lowest BCUT2D eigenvalue weighted by atomic mass is 10.1. The van der Waals surface area contributed by atoms with E-state index in [-0.39, 0.29) is 5.28 Å². The van der Waals surface area contributed by atoms with E-state index in [2.05, 4.69) is 15.3 Å². The Morgan fingerprint density at radius 3 is 2.62 bits per heavy atom. The van der Waals surface area contributed by atoms with Crippen LogP contribution in [0.25, 0.3) is 10.9 Å². The summed E-state index contributed by atoms with van der Waals surface area (Å²) >= 11 is 6.05. The highest BCUT2D eigenvalue weighted by atomic mass is 35.5. The standard InChI is InChI=1S/C16H20ClN3O/c1-21-12-8-9-14-13(10-12)15(20-16(17)19-14)18-11-6-4-2-3-5-7-11/h8-11H,2-7H2,1H3,(H,18,19,20). The number of rotatable bonds is 3. The minimum Gasteiger partial charge on any atom is -0.497 e. The quantitative estimate of drug-likeness (QED) is 0.673. The molecule has 5 heteroatoms. The fourth-order valence-corrected chi connectivity index (χ4v) is 3.11. The van der Waals surface area contributed by atoms with Gasteiger partial charge in [0.05, 0.1) is 12.6 Å². The third-order valence-corrected chi connectivity index (χ3v) is 4.24. The number of anilines is 1. The van der Waals surface area contributed by atoms with E-state index in [1.807, 2.05) is 18.2 Å². The number of hydrogen-bond donors (Lipinski definition) is 1. The molecule has 4 nitrogen and oxygen atoms in total. The molecule has 1 aromatic heterocycles. The van der Waals surface area contributed by atoms with Crippen molar-refractivity contribution in [2.24, 2.45) is 0 Å². The van der Waals surface area contributed by atoms with Crippen molar-refractivity contribution in [2.45, 2.75) is 44.6 Å². The van der Waals surface area contributed by atoms with Crippen molar-refractivity contribution in [1.29, 1.82) is 0 Å². The second-order valence-corrected chi connectivity index (χ2v) is 5.90. The Kier molecular flexibility index (Phi) is 4.44. The van der Waals surface area contributed by atoms with Gasteiger partial charge in [0.15, 0.2) is 0 Å². The first-order valence-electron chi connectivity index (χ1n) is 7.54. The van der Waals surface area contributed by atoms with Crippen LogP contribution in [0.3, 0.4) is 0 Å². The summed E-state index contributed by atoms with van der Waals surface area (Å²) in [6.45, 7) is 0. The predicted molar refractivity (Wildman–Crippen MR) is 86.2 cm³/mol. The van der Waals surface area contributed by atoms with Crippen LogP contribution in [0, 0.1) is 0 Å². The number of halogens is 1. The summed E-state index contributed by atoms with van der Waals surface area (Å²) in [5, 5.41) is 4.81. The normalized spacial score (nSPS) is 16.7. The van der Waals surface area contributed by atoms with Gasteiger partial charge in [-0.25, -0.2) is 9.97 Å². The molecule has 0 spiro atoms. The second kappa shape index (κ2) is 6.48. The first kappa shape index (κ1) is 14.4. The first-order chi connectivity index (χ1) is 10.3. The summed E-state index contributed by atoms with van der Waals surface area (Å²) in [5.74, 6) is 1.62. The highest BCUT2D eigenvalue weighted by Crippen LogP contribution is 2.28. The van der Waals surface area contributed by atoms with Gasteiger partial charge in [-0.1, -0.05) is 25.7 Å². The number of hydrogen-bond acceptors (Lipinski definition) is 4. The summed E-state index contributed by atoms with van der Waals surface area (Å²) in [7, 11) is 1.66. The van der Waals surface area contributed by atoms with Gasteiger partial charge in [-0.15, -0.1) is 0 Å². The highest BCUT2D eigenvalue weighted by molar-refractivity contribution is 6.28. The molecule has 3 rings (SSSR count). The third-order valence-electron chi connectivity index (χ3n) is 4.07. The maximum atomic E-state index is 6.05. The van der Waals surface area contributed by atoms with Crippen molar-refractivity contribution in [3.63, 3.8) is 0 Å². The van der Waals surface area contributed by atoms with E-state index < -0.39 is 0 Å². The molecule has 112 valence electrons. The van der Waals surface area contributed by atoms with E-state index in [1.165, 1.54) is 38.5 Å². The Hall–Kier alpha value is -1.55. The number of fused-ring (bicyclic) bond motifs is 1. The third kappa shape index (κ3) is 3.38. The molecular weight excluding hydrogens is 286 g/mol. The van der Waals surface area contributed by atoms with Crippen molar-refractivity contribution in [3.05, 3.63) is 23.5 Å². The monoisotopic (exact) mass is 305 g/mol. The minimum absolute atomic E-state index is 0.281. The van der Waals surface area contributed by atoms with Crippen LogP contribution in [0.4, 0.5) is 5.82 Å². The smallest absolute Gasteiger partial charge is 0.224 e. The van der Waals surface area contributed by atoms with E-state index in [4.69, 9.17) is 16.3 Å². The number of benzene rings is 1. The van der Waals surface area contributed by atoms with Crippen molar-refractivity contribution < 1.29 is 4.74 Å². The fraction of sp³-hybridized carbons (Fsp3) is 0.500. The van der Waals surface area contributed by atoms with Crippen LogP contribution < -0.4 is 10.1 Å². The van der Waals surface area contributed by atoms with Crippen molar-refractivity contribution >= 4 is 28.3 Å². The van der Waals surface area contributed by atoms with Crippen molar-refractivity contribution in [1.82, 2.24) is 9.97 Å². The Balaban J connectivity index is 1.95. The molecule has 0 radical (unpaired) electrons. The van der Waals surface area contributed by atoms with Crippen LogP contribution >= 0.6 is 11.6 Å². The lowest BCUT2D eigenvalue weighted by Crippen LogP contribution is -2.19. The molecule has 1 fully saturated rings. The molecular formula is C16H20ClN3O. The topological polar surface area (TPSA) is 47.0 Å². The van der Waals surface area contributed by atoms with E-state index in [0.717, 1.165) is 22.5 Å². The van der Waals surface area contributed by atoms with Gasteiger partial charge in [0.2, 0.25) is 5.28 Å². The molecule has 1 aliphatic rings. The minimum atomic E-state index is 0.281. The van der Waals surface area contributed by atoms with Gasteiger partial charge in [-0.3, -0.25) is 0 Å². The molecule has 1 aromatic carbocycles. The number of nitrogens with one attached hydrogen (secondary N) is 1. The molecule has 0 amide bonds. The summed E-state index contributed by atoms with van der Waals surface area (Å²) in [4.78, 5) is 8.67.